The fraction of sp³-hybridized carbons (Fsp3) is 0.152. The molecule has 0 saturated carbocycles. The zero-order chi connectivity index (χ0) is 25.9. The molecule has 2 N–H and O–H groups in total. The van der Waals surface area contributed by atoms with E-state index >= 15 is 0 Å². The molecule has 5 aromatic carbocycles. The van der Waals surface area contributed by atoms with Crippen molar-refractivity contribution in [3.8, 4) is 33.4 Å². The number of hydrogen-bond donors (Lipinski definition) is 1. The number of halogens is 2. The Morgan fingerprint density at radius 3 is 2.16 bits per heavy atom. The first-order chi connectivity index (χ1) is 17.7. The molecule has 5 aromatic rings. The average Bonchev–Trinajstić information content (AvgIpc) is 3.26. The first-order valence-corrected chi connectivity index (χ1v) is 19.0. The van der Waals surface area contributed by atoms with E-state index < -0.39 is 14.7 Å². The van der Waals surface area contributed by atoms with E-state index in [0.29, 0.717) is 4.73 Å². The molecule has 0 radical (unpaired) electrons. The number of fused-ring (bicyclic) bond motifs is 4. The Morgan fingerprint density at radius 2 is 1.38 bits per heavy atom. The van der Waals surface area contributed by atoms with Crippen LogP contribution in [0.3, 0.4) is 0 Å². The van der Waals surface area contributed by atoms with E-state index in [0.717, 1.165) is 6.42 Å². The third kappa shape index (κ3) is 4.38. The summed E-state index contributed by atoms with van der Waals surface area (Å²) in [5, 5.41) is 2.42. The van der Waals surface area contributed by atoms with Gasteiger partial charge in [0, 0.05) is 0 Å². The van der Waals surface area contributed by atoms with Crippen LogP contribution in [0.2, 0.25) is 0 Å². The van der Waals surface area contributed by atoms with Gasteiger partial charge in [0.25, 0.3) is 0 Å². The fourth-order valence-corrected chi connectivity index (χ4v) is 8.41. The molecule has 0 atom stereocenters. The van der Waals surface area contributed by atoms with E-state index in [2.05, 4.69) is 106 Å². The molecule has 37 heavy (non-hydrogen) atoms. The Kier molecular flexibility index (Phi) is 6.34. The van der Waals surface area contributed by atoms with Gasteiger partial charge >= 0.3 is 232 Å². The zero-order valence-electron chi connectivity index (χ0n) is 21.3. The van der Waals surface area contributed by atoms with E-state index in [9.17, 15) is 0 Å². The van der Waals surface area contributed by atoms with Gasteiger partial charge in [-0.05, 0) is 0 Å². The number of nitrogens with two attached hydrogens (primary N) is 1. The summed E-state index contributed by atoms with van der Waals surface area (Å²) in [4.78, 5) is 0. The van der Waals surface area contributed by atoms with Gasteiger partial charge in [-0.2, -0.15) is 0 Å². The normalized spacial score (nSPS) is 12.6. The minimum atomic E-state index is -3.56. The molecular formula is C33H29Cl2NTi. The zero-order valence-corrected chi connectivity index (χ0v) is 24.4. The van der Waals surface area contributed by atoms with Gasteiger partial charge in [-0.25, -0.2) is 0 Å². The van der Waals surface area contributed by atoms with Gasteiger partial charge in [0.2, 0.25) is 0 Å². The second kappa shape index (κ2) is 9.42. The Balaban J connectivity index is 1.72. The first-order valence-electron chi connectivity index (χ1n) is 12.7. The monoisotopic (exact) mass is 557 g/mol. The Hall–Kier alpha value is -2.39. The van der Waals surface area contributed by atoms with Crippen molar-refractivity contribution in [1.82, 2.24) is 0 Å². The molecule has 1 nitrogen and oxygen atoms in total. The summed E-state index contributed by atoms with van der Waals surface area (Å²) < 4.78 is 7.01. The van der Waals surface area contributed by atoms with Gasteiger partial charge in [-0.1, -0.05) is 0 Å². The third-order valence-electron chi connectivity index (χ3n) is 8.04. The quantitative estimate of drug-likeness (QED) is 0.214. The van der Waals surface area contributed by atoms with E-state index in [1.165, 1.54) is 77.5 Å². The SMILES string of the molecule is Cc1ccc(-c2c([CH2][Ti]([NH2])([Cl])[Cl])c(-c3cccc4c3Cc3ccccc3-4)cc3ccccc23)c(C)c1C. The predicted octanol–water partition coefficient (Wildman–Crippen LogP) is 9.51. The van der Waals surface area contributed by atoms with E-state index in [1.807, 2.05) is 0 Å². The van der Waals surface area contributed by atoms with E-state index in [4.69, 9.17) is 22.8 Å². The van der Waals surface area contributed by atoms with E-state index in [-0.39, 0.29) is 0 Å². The van der Waals surface area contributed by atoms with Crippen molar-refractivity contribution in [2.24, 2.45) is 4.22 Å². The second-order valence-corrected chi connectivity index (χ2v) is 19.6. The van der Waals surface area contributed by atoms with Crippen molar-refractivity contribution in [1.29, 1.82) is 0 Å². The molecule has 0 amide bonds. The third-order valence-corrected chi connectivity index (χ3v) is 10.4. The standard InChI is InChI=1S/C33H27.2ClH.H2N.Ti/c1-20-16-17-26(22(3)21(20)2)33-23(4)31(18-25-11-6-8-13-28(25)33)30-15-9-14-29-27-12-7-5-10-24(27)19-32(29)30;;;;/h5-18H,4,19H2,1-3H3;2*1H;1H2;/q;;;-1;+3/p-2. The van der Waals surface area contributed by atoms with Crippen LogP contribution in [0.5, 0.6) is 0 Å². The number of hydrogen-bond acceptors (Lipinski definition) is 1. The van der Waals surface area contributed by atoms with Crippen LogP contribution < -0.4 is 4.22 Å². The molecular weight excluding hydrogens is 529 g/mol. The molecule has 0 fully saturated rings. The summed E-state index contributed by atoms with van der Waals surface area (Å²) in [6.07, 6.45) is 0.920. The molecule has 0 saturated heterocycles. The van der Waals surface area contributed by atoms with Crippen molar-refractivity contribution in [3.63, 3.8) is 0 Å². The molecule has 184 valence electrons. The molecule has 4 heteroatoms. The van der Waals surface area contributed by atoms with Crippen LogP contribution in [0, 0.1) is 20.8 Å². The Labute approximate surface area is 230 Å². The van der Waals surface area contributed by atoms with Gasteiger partial charge in [0.1, 0.15) is 0 Å². The van der Waals surface area contributed by atoms with Crippen molar-refractivity contribution in [3.05, 3.63) is 118 Å². The first kappa shape index (κ1) is 24.9. The maximum absolute atomic E-state index is 6.76. The minimum absolute atomic E-state index is 0.515. The predicted molar refractivity (Wildman–Crippen MR) is 157 cm³/mol. The summed E-state index contributed by atoms with van der Waals surface area (Å²) in [7, 11) is 13.5. The Bertz CT molecular complexity index is 1700. The molecule has 0 aromatic heterocycles. The van der Waals surface area contributed by atoms with Gasteiger partial charge in [-0.15, -0.1) is 0 Å². The molecule has 0 aliphatic heterocycles. The van der Waals surface area contributed by atoms with Gasteiger partial charge in [0.15, 0.2) is 0 Å². The topological polar surface area (TPSA) is 26.0 Å². The molecule has 0 spiro atoms. The summed E-state index contributed by atoms with van der Waals surface area (Å²) in [5.41, 5.74) is 15.3. The van der Waals surface area contributed by atoms with Crippen LogP contribution in [0.25, 0.3) is 44.2 Å². The van der Waals surface area contributed by atoms with Crippen LogP contribution in [0.1, 0.15) is 33.4 Å². The maximum atomic E-state index is 6.76. The van der Waals surface area contributed by atoms with Crippen LogP contribution in [-0.4, -0.2) is 0 Å². The fourth-order valence-electron chi connectivity index (χ4n) is 5.99. The number of rotatable bonds is 4. The average molecular weight is 558 g/mol. The van der Waals surface area contributed by atoms with Crippen LogP contribution >= 0.6 is 18.6 Å². The summed E-state index contributed by atoms with van der Waals surface area (Å²) in [5.74, 6) is 0. The molecule has 0 bridgehead atoms. The summed E-state index contributed by atoms with van der Waals surface area (Å²) in [6, 6.07) is 30.8. The second-order valence-electron chi connectivity index (χ2n) is 10.3. The molecule has 6 rings (SSSR count). The van der Waals surface area contributed by atoms with Crippen LogP contribution in [0.4, 0.5) is 0 Å². The molecule has 1 aliphatic rings. The number of aryl methyl sites for hydroxylation is 1. The molecule has 0 heterocycles. The van der Waals surface area contributed by atoms with Crippen molar-refractivity contribution < 1.29 is 14.7 Å². The van der Waals surface area contributed by atoms with Crippen molar-refractivity contribution in [2.45, 2.75) is 31.9 Å². The summed E-state index contributed by atoms with van der Waals surface area (Å²) in [6.45, 7) is 6.60. The van der Waals surface area contributed by atoms with Gasteiger partial charge in [0.05, 0.1) is 0 Å². The van der Waals surface area contributed by atoms with Crippen molar-refractivity contribution in [2.75, 3.05) is 0 Å². The van der Waals surface area contributed by atoms with Crippen LogP contribution in [0.15, 0.2) is 84.9 Å². The van der Waals surface area contributed by atoms with Gasteiger partial charge in [-0.3, -0.25) is 0 Å². The summed E-state index contributed by atoms with van der Waals surface area (Å²) >= 11 is -3.56. The Morgan fingerprint density at radius 1 is 0.703 bits per heavy atom. The van der Waals surface area contributed by atoms with Gasteiger partial charge < -0.3 is 0 Å². The molecule has 0 unspecified atom stereocenters. The molecule has 1 aliphatic carbocycles. The van der Waals surface area contributed by atoms with E-state index in [1.54, 1.807) is 0 Å². The van der Waals surface area contributed by atoms with Crippen molar-refractivity contribution >= 4 is 29.4 Å². The number of benzene rings is 5. The van der Waals surface area contributed by atoms with Crippen LogP contribution in [-0.2, 0) is 25.9 Å².